The second kappa shape index (κ2) is 16.8. The van der Waals surface area contributed by atoms with Gasteiger partial charge in [0.15, 0.2) is 0 Å². The minimum Gasteiger partial charge on any atom is -0.310 e. The van der Waals surface area contributed by atoms with Gasteiger partial charge in [-0.05, 0) is 147 Å². The van der Waals surface area contributed by atoms with E-state index in [1.54, 1.807) is 0 Å². The molecule has 352 valence electrons. The van der Waals surface area contributed by atoms with E-state index >= 15 is 0 Å². The lowest BCUT2D eigenvalue weighted by Crippen LogP contribution is -2.30. The van der Waals surface area contributed by atoms with Crippen LogP contribution in [0, 0.1) is 0 Å². The molecule has 0 bridgehead atoms. The molecule has 13 aromatic carbocycles. The van der Waals surface area contributed by atoms with E-state index in [-0.39, 0.29) is 5.41 Å². The first kappa shape index (κ1) is 43.1. The Morgan fingerprint density at radius 2 is 0.667 bits per heavy atom. The van der Waals surface area contributed by atoms with E-state index in [4.69, 9.17) is 0 Å². The lowest BCUT2D eigenvalue weighted by molar-refractivity contribution is 0.638. The summed E-state index contributed by atoms with van der Waals surface area (Å²) >= 11 is 0. The van der Waals surface area contributed by atoms with Crippen molar-refractivity contribution in [1.29, 1.82) is 0 Å². The van der Waals surface area contributed by atoms with Gasteiger partial charge in [-0.3, -0.25) is 0 Å². The number of nitrogens with zero attached hydrogens (tertiary/aromatic N) is 2. The summed E-state index contributed by atoms with van der Waals surface area (Å²) < 4.78 is 2.52. The van der Waals surface area contributed by atoms with Crippen molar-refractivity contribution in [1.82, 2.24) is 4.57 Å². The second-order valence-electron chi connectivity index (χ2n) is 20.7. The van der Waals surface area contributed by atoms with Crippen molar-refractivity contribution in [2.45, 2.75) is 19.3 Å². The Hall–Kier alpha value is -9.50. The van der Waals surface area contributed by atoms with Crippen LogP contribution in [0.5, 0.6) is 0 Å². The van der Waals surface area contributed by atoms with Gasteiger partial charge in [0, 0.05) is 27.6 Å². The van der Waals surface area contributed by atoms with Crippen LogP contribution in [0.3, 0.4) is 0 Å². The summed E-state index contributed by atoms with van der Waals surface area (Å²) in [6.45, 7) is 4.86. The summed E-state index contributed by atoms with van der Waals surface area (Å²) in [5.74, 6) is 0. The van der Waals surface area contributed by atoms with Crippen LogP contribution < -0.4 is 4.90 Å². The largest absolute Gasteiger partial charge is 0.310 e. The van der Waals surface area contributed by atoms with Crippen LogP contribution in [0.25, 0.3) is 115 Å². The molecule has 0 unspecified atom stereocenters. The molecule has 14 aromatic rings. The number of para-hydroxylation sites is 2. The highest BCUT2D eigenvalue weighted by Crippen LogP contribution is 2.57. The number of aromatic nitrogens is 1. The van der Waals surface area contributed by atoms with Crippen LogP contribution in [0.2, 0.25) is 0 Å². The fraction of sp³-hybridized carbons (Fsp3) is 0.0411. The van der Waals surface area contributed by atoms with Crippen LogP contribution in [0.15, 0.2) is 267 Å². The Labute approximate surface area is 436 Å². The SMILES string of the molecule is CC1(C)c2ccccc2N(c2ccc3c(-c4ccccc4)c4ccccc4c(-c4ccccc4)c3c2)c2ccc3c(c21)c1ccccc1n3-c1ccc2c(-c3ccccc3)c3ccccc3c(-c3ccccc3)c2c1. The average Bonchev–Trinajstić information content (AvgIpc) is 3.83. The highest BCUT2D eigenvalue weighted by molar-refractivity contribution is 6.24. The molecule has 2 heteroatoms. The first-order chi connectivity index (χ1) is 37.0. The fourth-order valence-electron chi connectivity index (χ4n) is 13.2. The predicted octanol–water partition coefficient (Wildman–Crippen LogP) is 20.2. The Kier molecular flexibility index (Phi) is 9.65. The Bertz CT molecular complexity index is 4590. The Morgan fingerprint density at radius 3 is 1.17 bits per heavy atom. The monoisotopic (exact) mass is 954 g/mol. The number of benzene rings is 13. The molecule has 2 nitrogen and oxygen atoms in total. The van der Waals surface area contributed by atoms with Crippen LogP contribution in [-0.4, -0.2) is 4.57 Å². The van der Waals surface area contributed by atoms with Gasteiger partial charge in [-0.15, -0.1) is 0 Å². The predicted molar refractivity (Wildman–Crippen MR) is 319 cm³/mol. The molecule has 2 heterocycles. The van der Waals surface area contributed by atoms with Gasteiger partial charge < -0.3 is 9.47 Å². The molecule has 1 aromatic heterocycles. The van der Waals surface area contributed by atoms with Crippen LogP contribution in [0.4, 0.5) is 17.1 Å². The van der Waals surface area contributed by atoms with Gasteiger partial charge in [0.2, 0.25) is 0 Å². The maximum absolute atomic E-state index is 2.55. The van der Waals surface area contributed by atoms with Crippen molar-refractivity contribution >= 4 is 82.0 Å². The molecule has 0 saturated carbocycles. The lowest BCUT2D eigenvalue weighted by atomic mass is 9.72. The van der Waals surface area contributed by atoms with Gasteiger partial charge >= 0.3 is 0 Å². The molecular weight excluding hydrogens is 905 g/mol. The maximum Gasteiger partial charge on any atom is 0.0545 e. The standard InChI is InChI=1S/C73H50N2/c1-73(2)62-36-20-22-38-64(62)75(52-40-42-58-61(46-52)70(50-29-13-6-14-30-50)56-34-18-16-32-54(56)68(58)48-25-9-4-10-26-48)66-44-43-65-71(72(66)73)59-35-19-21-37-63(59)74(65)51-39-41-57-60(45-51)69(49-27-11-5-12-28-49)55-33-17-15-31-53(55)67(57)47-23-7-3-8-24-47/h3-46H,1-2H3. The minimum absolute atomic E-state index is 0.354. The van der Waals surface area contributed by atoms with Crippen molar-refractivity contribution in [3.05, 3.63) is 278 Å². The summed E-state index contributed by atoms with van der Waals surface area (Å²) in [6, 6.07) is 99.0. The minimum atomic E-state index is -0.354. The summed E-state index contributed by atoms with van der Waals surface area (Å²) in [7, 11) is 0. The third-order valence-corrected chi connectivity index (χ3v) is 16.3. The van der Waals surface area contributed by atoms with Crippen molar-refractivity contribution in [3.63, 3.8) is 0 Å². The van der Waals surface area contributed by atoms with Crippen molar-refractivity contribution in [3.8, 4) is 50.2 Å². The number of anilines is 3. The van der Waals surface area contributed by atoms with E-state index in [1.807, 2.05) is 0 Å². The van der Waals surface area contributed by atoms with E-state index in [1.165, 1.54) is 132 Å². The van der Waals surface area contributed by atoms with Gasteiger partial charge in [0.1, 0.15) is 0 Å². The average molecular weight is 955 g/mol. The summed E-state index contributed by atoms with van der Waals surface area (Å²) in [5, 5.41) is 12.5. The molecule has 15 rings (SSSR count). The maximum atomic E-state index is 2.55. The molecule has 0 aliphatic carbocycles. The molecule has 1 aliphatic heterocycles. The van der Waals surface area contributed by atoms with Crippen LogP contribution >= 0.6 is 0 Å². The molecule has 0 fully saturated rings. The molecule has 0 amide bonds. The molecular formula is C73H50N2. The van der Waals surface area contributed by atoms with Crippen LogP contribution in [-0.2, 0) is 5.41 Å². The van der Waals surface area contributed by atoms with Gasteiger partial charge in [-0.25, -0.2) is 0 Å². The van der Waals surface area contributed by atoms with E-state index in [9.17, 15) is 0 Å². The molecule has 1 aliphatic rings. The topological polar surface area (TPSA) is 8.17 Å². The zero-order valence-electron chi connectivity index (χ0n) is 41.8. The third-order valence-electron chi connectivity index (χ3n) is 16.3. The number of rotatable bonds is 6. The molecule has 0 saturated heterocycles. The quantitative estimate of drug-likeness (QED) is 0.151. The molecule has 0 radical (unpaired) electrons. The fourth-order valence-corrected chi connectivity index (χ4v) is 13.2. The Balaban J connectivity index is 1.01. The lowest BCUT2D eigenvalue weighted by Gasteiger charge is -2.42. The first-order valence-corrected chi connectivity index (χ1v) is 26.2. The molecule has 75 heavy (non-hydrogen) atoms. The smallest absolute Gasteiger partial charge is 0.0545 e. The third kappa shape index (κ3) is 6.46. The zero-order valence-corrected chi connectivity index (χ0v) is 41.8. The number of fused-ring (bicyclic) bond motifs is 10. The van der Waals surface area contributed by atoms with E-state index < -0.39 is 0 Å². The van der Waals surface area contributed by atoms with Gasteiger partial charge in [-0.2, -0.15) is 0 Å². The highest BCUT2D eigenvalue weighted by Gasteiger charge is 2.39. The first-order valence-electron chi connectivity index (χ1n) is 26.2. The number of hydrogen-bond acceptors (Lipinski definition) is 1. The molecule has 0 N–H and O–H groups in total. The summed E-state index contributed by atoms with van der Waals surface area (Å²) in [4.78, 5) is 2.55. The van der Waals surface area contributed by atoms with Gasteiger partial charge in [-0.1, -0.05) is 232 Å². The molecule has 0 atom stereocenters. The van der Waals surface area contributed by atoms with Crippen molar-refractivity contribution < 1.29 is 0 Å². The number of hydrogen-bond donors (Lipinski definition) is 0. The zero-order chi connectivity index (χ0) is 49.8. The van der Waals surface area contributed by atoms with E-state index in [2.05, 4.69) is 290 Å². The van der Waals surface area contributed by atoms with Crippen LogP contribution in [0.1, 0.15) is 25.0 Å². The Morgan fingerprint density at radius 1 is 0.280 bits per heavy atom. The summed E-state index contributed by atoms with van der Waals surface area (Å²) in [6.07, 6.45) is 0. The van der Waals surface area contributed by atoms with Crippen molar-refractivity contribution in [2.24, 2.45) is 0 Å². The summed E-state index contributed by atoms with van der Waals surface area (Å²) in [5.41, 5.74) is 19.2. The normalized spacial score (nSPS) is 13.0. The molecule has 0 spiro atoms. The second-order valence-corrected chi connectivity index (χ2v) is 20.7. The highest BCUT2D eigenvalue weighted by atomic mass is 15.2. The van der Waals surface area contributed by atoms with Crippen molar-refractivity contribution in [2.75, 3.05) is 4.90 Å². The van der Waals surface area contributed by atoms with E-state index in [0.717, 1.165) is 11.4 Å². The van der Waals surface area contributed by atoms with Gasteiger partial charge in [0.25, 0.3) is 0 Å². The van der Waals surface area contributed by atoms with E-state index in [0.29, 0.717) is 0 Å². The van der Waals surface area contributed by atoms with Gasteiger partial charge in [0.05, 0.1) is 22.4 Å².